The highest BCUT2D eigenvalue weighted by Gasteiger charge is 2.11. The molecule has 0 aliphatic rings. The highest BCUT2D eigenvalue weighted by Crippen LogP contribution is 2.29. The first-order chi connectivity index (χ1) is 8.58. The van der Waals surface area contributed by atoms with Crippen LogP contribution in [0.1, 0.15) is 18.5 Å². The molecule has 1 aromatic carbocycles. The largest absolute Gasteiger partial charge is 0.362 e. The van der Waals surface area contributed by atoms with Gasteiger partial charge in [0, 0.05) is 16.2 Å². The predicted octanol–water partition coefficient (Wildman–Crippen LogP) is 5.21. The number of hydrogen-bond acceptors (Lipinski definition) is 2. The van der Waals surface area contributed by atoms with Crippen molar-refractivity contribution in [2.24, 2.45) is 0 Å². The number of pyridine rings is 1. The van der Waals surface area contributed by atoms with Crippen LogP contribution in [0, 0.1) is 0 Å². The zero-order chi connectivity index (χ0) is 13.1. The minimum atomic E-state index is -0.0119. The van der Waals surface area contributed by atoms with Crippen molar-refractivity contribution in [3.8, 4) is 0 Å². The molecule has 1 aromatic heterocycles. The Kier molecular flexibility index (Phi) is 4.33. The van der Waals surface area contributed by atoms with Crippen molar-refractivity contribution in [1.29, 1.82) is 0 Å². The number of anilines is 1. The fourth-order valence-corrected chi connectivity index (χ4v) is 2.38. The highest BCUT2D eigenvalue weighted by molar-refractivity contribution is 6.35. The summed E-state index contributed by atoms with van der Waals surface area (Å²) in [4.78, 5) is 4.18. The van der Waals surface area contributed by atoms with Crippen LogP contribution in [0.2, 0.25) is 15.1 Å². The molecule has 5 heteroatoms. The van der Waals surface area contributed by atoms with Crippen LogP contribution in [0.3, 0.4) is 0 Å². The lowest BCUT2D eigenvalue weighted by molar-refractivity contribution is 0.875. The second-order valence-electron chi connectivity index (χ2n) is 3.87. The first-order valence-corrected chi connectivity index (χ1v) is 6.53. The lowest BCUT2D eigenvalue weighted by atomic mass is 10.1. The minimum Gasteiger partial charge on any atom is -0.362 e. The fourth-order valence-electron chi connectivity index (χ4n) is 1.63. The Bertz CT molecular complexity index is 558. The van der Waals surface area contributed by atoms with Gasteiger partial charge >= 0.3 is 0 Å². The zero-order valence-corrected chi connectivity index (χ0v) is 11.9. The lowest BCUT2D eigenvalue weighted by Crippen LogP contribution is -2.08. The minimum absolute atomic E-state index is 0.0119. The maximum atomic E-state index is 6.15. The van der Waals surface area contributed by atoms with Gasteiger partial charge in [0.25, 0.3) is 0 Å². The van der Waals surface area contributed by atoms with E-state index in [2.05, 4.69) is 10.3 Å². The van der Waals surface area contributed by atoms with E-state index < -0.39 is 0 Å². The standard InChI is InChI=1S/C13H11Cl3N2/c1-8(10-5-4-9(14)7-12(10)16)18-13-11(15)3-2-6-17-13/h2-8H,1H3,(H,17,18). The average molecular weight is 302 g/mol. The third-order valence-electron chi connectivity index (χ3n) is 2.54. The molecule has 2 aromatic rings. The number of halogens is 3. The molecule has 0 aliphatic carbocycles. The first kappa shape index (κ1) is 13.5. The van der Waals surface area contributed by atoms with Crippen molar-refractivity contribution in [3.63, 3.8) is 0 Å². The van der Waals surface area contributed by atoms with Crippen LogP contribution >= 0.6 is 34.8 Å². The number of hydrogen-bond donors (Lipinski definition) is 1. The van der Waals surface area contributed by atoms with Crippen molar-refractivity contribution in [2.75, 3.05) is 5.32 Å². The van der Waals surface area contributed by atoms with E-state index in [1.54, 1.807) is 30.5 Å². The Morgan fingerprint density at radius 1 is 1.11 bits per heavy atom. The molecule has 1 heterocycles. The van der Waals surface area contributed by atoms with Crippen LogP contribution < -0.4 is 5.32 Å². The van der Waals surface area contributed by atoms with Gasteiger partial charge in [0.1, 0.15) is 5.82 Å². The summed E-state index contributed by atoms with van der Waals surface area (Å²) in [6, 6.07) is 8.97. The summed E-state index contributed by atoms with van der Waals surface area (Å²) in [5.41, 5.74) is 0.947. The maximum absolute atomic E-state index is 6.15. The van der Waals surface area contributed by atoms with E-state index in [1.165, 1.54) is 0 Å². The number of aromatic nitrogens is 1. The van der Waals surface area contributed by atoms with E-state index in [0.29, 0.717) is 20.9 Å². The van der Waals surface area contributed by atoms with Gasteiger partial charge < -0.3 is 5.32 Å². The van der Waals surface area contributed by atoms with Crippen molar-refractivity contribution < 1.29 is 0 Å². The van der Waals surface area contributed by atoms with Crippen molar-refractivity contribution >= 4 is 40.6 Å². The smallest absolute Gasteiger partial charge is 0.145 e. The van der Waals surface area contributed by atoms with Gasteiger partial charge in [0.2, 0.25) is 0 Å². The molecule has 1 unspecified atom stereocenters. The molecule has 0 saturated carbocycles. The highest BCUT2D eigenvalue weighted by atomic mass is 35.5. The molecule has 2 rings (SSSR count). The molecular formula is C13H11Cl3N2. The van der Waals surface area contributed by atoms with E-state index in [1.807, 2.05) is 13.0 Å². The normalized spacial score (nSPS) is 12.2. The Labute approximate surface area is 121 Å². The molecule has 0 radical (unpaired) electrons. The molecule has 18 heavy (non-hydrogen) atoms. The summed E-state index contributed by atoms with van der Waals surface area (Å²) < 4.78 is 0. The summed E-state index contributed by atoms with van der Waals surface area (Å²) in [5, 5.41) is 5.03. The van der Waals surface area contributed by atoms with Crippen LogP contribution in [0.5, 0.6) is 0 Å². The molecule has 94 valence electrons. The Morgan fingerprint density at radius 3 is 2.56 bits per heavy atom. The molecule has 0 saturated heterocycles. The second-order valence-corrected chi connectivity index (χ2v) is 5.12. The summed E-state index contributed by atoms with van der Waals surface area (Å²) in [6.07, 6.45) is 1.68. The Morgan fingerprint density at radius 2 is 1.89 bits per heavy atom. The fraction of sp³-hybridized carbons (Fsp3) is 0.154. The van der Waals surface area contributed by atoms with Crippen LogP contribution in [-0.2, 0) is 0 Å². The van der Waals surface area contributed by atoms with Crippen LogP contribution in [0.4, 0.5) is 5.82 Å². The van der Waals surface area contributed by atoms with Gasteiger partial charge in [0.15, 0.2) is 0 Å². The monoisotopic (exact) mass is 300 g/mol. The van der Waals surface area contributed by atoms with Gasteiger partial charge in [-0.2, -0.15) is 0 Å². The number of nitrogens with zero attached hydrogens (tertiary/aromatic N) is 1. The number of nitrogens with one attached hydrogen (secondary N) is 1. The van der Waals surface area contributed by atoms with Gasteiger partial charge in [-0.05, 0) is 36.8 Å². The average Bonchev–Trinajstić information content (AvgIpc) is 2.32. The quantitative estimate of drug-likeness (QED) is 0.841. The van der Waals surface area contributed by atoms with Gasteiger partial charge in [-0.15, -0.1) is 0 Å². The van der Waals surface area contributed by atoms with Crippen molar-refractivity contribution in [3.05, 3.63) is 57.2 Å². The molecule has 1 atom stereocenters. The van der Waals surface area contributed by atoms with Crippen LogP contribution in [0.15, 0.2) is 36.5 Å². The molecule has 1 N–H and O–H groups in total. The zero-order valence-electron chi connectivity index (χ0n) is 9.62. The predicted molar refractivity (Wildman–Crippen MR) is 77.7 cm³/mol. The topological polar surface area (TPSA) is 24.9 Å². The van der Waals surface area contributed by atoms with Gasteiger partial charge in [-0.1, -0.05) is 40.9 Å². The lowest BCUT2D eigenvalue weighted by Gasteiger charge is -2.17. The number of benzene rings is 1. The second kappa shape index (κ2) is 5.79. The van der Waals surface area contributed by atoms with Gasteiger partial charge in [-0.3, -0.25) is 0 Å². The van der Waals surface area contributed by atoms with Crippen LogP contribution in [0.25, 0.3) is 0 Å². The van der Waals surface area contributed by atoms with E-state index in [-0.39, 0.29) is 6.04 Å². The summed E-state index contributed by atoms with van der Waals surface area (Å²) in [7, 11) is 0. The Hall–Kier alpha value is -0.960. The van der Waals surface area contributed by atoms with E-state index in [9.17, 15) is 0 Å². The summed E-state index contributed by atoms with van der Waals surface area (Å²) >= 11 is 18.1. The maximum Gasteiger partial charge on any atom is 0.145 e. The van der Waals surface area contributed by atoms with Crippen molar-refractivity contribution in [1.82, 2.24) is 4.98 Å². The first-order valence-electron chi connectivity index (χ1n) is 5.40. The van der Waals surface area contributed by atoms with E-state index in [4.69, 9.17) is 34.8 Å². The number of rotatable bonds is 3. The molecule has 2 nitrogen and oxygen atoms in total. The Balaban J connectivity index is 2.22. The molecule has 0 aliphatic heterocycles. The molecular weight excluding hydrogens is 291 g/mol. The summed E-state index contributed by atoms with van der Waals surface area (Å²) in [6.45, 7) is 1.99. The molecule has 0 bridgehead atoms. The van der Waals surface area contributed by atoms with Gasteiger partial charge in [0.05, 0.1) is 11.1 Å². The molecule has 0 spiro atoms. The summed E-state index contributed by atoms with van der Waals surface area (Å²) in [5.74, 6) is 0.637. The van der Waals surface area contributed by atoms with E-state index in [0.717, 1.165) is 5.56 Å². The third-order valence-corrected chi connectivity index (χ3v) is 3.41. The van der Waals surface area contributed by atoms with E-state index >= 15 is 0 Å². The van der Waals surface area contributed by atoms with Crippen molar-refractivity contribution in [2.45, 2.75) is 13.0 Å². The van der Waals surface area contributed by atoms with Crippen LogP contribution in [-0.4, -0.2) is 4.98 Å². The molecule has 0 fully saturated rings. The third kappa shape index (κ3) is 3.08. The molecule has 0 amide bonds. The van der Waals surface area contributed by atoms with Gasteiger partial charge in [-0.25, -0.2) is 4.98 Å². The SMILES string of the molecule is CC(Nc1ncccc1Cl)c1ccc(Cl)cc1Cl.